The number of carbonyl (C=O) groups is 2. The maximum absolute atomic E-state index is 12.0. The Morgan fingerprint density at radius 1 is 1.25 bits per heavy atom. The van der Waals surface area contributed by atoms with Gasteiger partial charge < -0.3 is 15.0 Å². The second-order valence-electron chi connectivity index (χ2n) is 5.83. The summed E-state index contributed by atoms with van der Waals surface area (Å²) in [4.78, 5) is 25.9. The first-order valence-corrected chi connectivity index (χ1v) is 9.37. The quantitative estimate of drug-likeness (QED) is 0.637. The summed E-state index contributed by atoms with van der Waals surface area (Å²) in [5.41, 5.74) is 1.11. The number of thiocarbonyl (C=S) groups is 1. The van der Waals surface area contributed by atoms with E-state index in [1.807, 2.05) is 0 Å². The average Bonchev–Trinajstić information content (AvgIpc) is 3.07. The summed E-state index contributed by atoms with van der Waals surface area (Å²) in [6.07, 6.45) is 2.17. The third-order valence-electron chi connectivity index (χ3n) is 3.44. The number of likely N-dealkylation sites (tertiary alicyclic amines) is 1. The Kier molecular flexibility index (Phi) is 7.05. The molecule has 1 aromatic carbocycles. The van der Waals surface area contributed by atoms with Gasteiger partial charge in [-0.05, 0) is 51.0 Å². The monoisotopic (exact) mass is 366 g/mol. The largest absolute Gasteiger partial charge is 0.459 e. The number of hydrogen-bond acceptors (Lipinski definition) is 5. The first kappa shape index (κ1) is 18.7. The Hall–Kier alpha value is -1.60. The molecule has 1 aromatic rings. The smallest absolute Gasteiger partial charge is 0.338 e. The first-order valence-electron chi connectivity index (χ1n) is 7.98. The van der Waals surface area contributed by atoms with Crippen molar-refractivity contribution in [3.63, 3.8) is 0 Å². The van der Waals surface area contributed by atoms with Crippen molar-refractivity contribution in [1.82, 2.24) is 4.90 Å². The van der Waals surface area contributed by atoms with Crippen molar-refractivity contribution in [3.8, 4) is 0 Å². The number of nitrogens with zero attached hydrogens (tertiary/aromatic N) is 1. The zero-order valence-electron chi connectivity index (χ0n) is 13.9. The van der Waals surface area contributed by atoms with Crippen molar-refractivity contribution in [2.24, 2.45) is 0 Å². The van der Waals surface area contributed by atoms with Crippen LogP contribution in [0.25, 0.3) is 0 Å². The van der Waals surface area contributed by atoms with Gasteiger partial charge in [0, 0.05) is 18.8 Å². The summed E-state index contributed by atoms with van der Waals surface area (Å²) in [6, 6.07) is 6.67. The highest BCUT2D eigenvalue weighted by Gasteiger charge is 2.16. The Balaban J connectivity index is 1.79. The molecule has 0 radical (unpaired) electrons. The average molecular weight is 367 g/mol. The van der Waals surface area contributed by atoms with Crippen molar-refractivity contribution < 1.29 is 14.3 Å². The number of benzene rings is 1. The van der Waals surface area contributed by atoms with Crippen molar-refractivity contribution in [1.29, 1.82) is 0 Å². The number of thioether (sulfide) groups is 1. The summed E-state index contributed by atoms with van der Waals surface area (Å²) in [5.74, 6) is -0.194. The van der Waals surface area contributed by atoms with Gasteiger partial charge in [0.15, 0.2) is 0 Å². The molecule has 1 aliphatic heterocycles. The van der Waals surface area contributed by atoms with Crippen LogP contribution in [-0.2, 0) is 9.53 Å². The van der Waals surface area contributed by atoms with Gasteiger partial charge >= 0.3 is 5.97 Å². The lowest BCUT2D eigenvalue weighted by atomic mass is 10.2. The molecule has 1 saturated heterocycles. The molecule has 1 heterocycles. The fourth-order valence-electron chi connectivity index (χ4n) is 2.29. The number of esters is 1. The number of hydrogen-bond donors (Lipinski definition) is 1. The van der Waals surface area contributed by atoms with E-state index in [0.717, 1.165) is 17.4 Å². The molecule has 0 saturated carbocycles. The van der Waals surface area contributed by atoms with Crippen LogP contribution in [0.15, 0.2) is 24.3 Å². The van der Waals surface area contributed by atoms with Crippen LogP contribution < -0.4 is 5.32 Å². The summed E-state index contributed by atoms with van der Waals surface area (Å²) < 4.78 is 5.91. The van der Waals surface area contributed by atoms with Crippen LogP contribution in [-0.4, -0.2) is 46.0 Å². The van der Waals surface area contributed by atoms with Crippen molar-refractivity contribution in [2.45, 2.75) is 32.8 Å². The van der Waals surface area contributed by atoms with Gasteiger partial charge in [0.05, 0.1) is 17.4 Å². The molecule has 0 aliphatic carbocycles. The van der Waals surface area contributed by atoms with E-state index in [2.05, 4.69) is 10.2 Å². The zero-order valence-corrected chi connectivity index (χ0v) is 15.5. The van der Waals surface area contributed by atoms with Gasteiger partial charge in [0.25, 0.3) is 0 Å². The fourth-order valence-corrected chi connectivity index (χ4v) is 3.34. The molecule has 1 amide bonds. The van der Waals surface area contributed by atoms with E-state index in [4.69, 9.17) is 17.0 Å². The second kappa shape index (κ2) is 9.03. The lowest BCUT2D eigenvalue weighted by molar-refractivity contribution is -0.113. The van der Waals surface area contributed by atoms with Crippen molar-refractivity contribution in [3.05, 3.63) is 29.8 Å². The van der Waals surface area contributed by atoms with Crippen LogP contribution in [0.1, 0.15) is 37.0 Å². The standard InChI is InChI=1S/C17H22N2O3S2/c1-12(2)22-16(21)13-5-7-14(8-6-13)18-15(20)11-24-17(23)19-9-3-4-10-19/h5-8,12H,3-4,9-11H2,1-2H3,(H,18,20). The molecular formula is C17H22N2O3S2. The molecule has 0 spiro atoms. The predicted molar refractivity (Wildman–Crippen MR) is 101 cm³/mol. The molecule has 24 heavy (non-hydrogen) atoms. The Morgan fingerprint density at radius 2 is 1.88 bits per heavy atom. The van der Waals surface area contributed by atoms with E-state index in [1.54, 1.807) is 38.1 Å². The van der Waals surface area contributed by atoms with E-state index < -0.39 is 0 Å². The summed E-state index contributed by atoms with van der Waals surface area (Å²) in [5, 5.41) is 2.80. The number of rotatable bonds is 5. The van der Waals surface area contributed by atoms with Gasteiger partial charge in [-0.2, -0.15) is 0 Å². The molecule has 7 heteroatoms. The summed E-state index contributed by atoms with van der Waals surface area (Å²) in [6.45, 7) is 5.58. The SMILES string of the molecule is CC(C)OC(=O)c1ccc(NC(=O)CSC(=S)N2CCCC2)cc1. The van der Waals surface area contributed by atoms with Gasteiger partial charge in [-0.3, -0.25) is 4.79 Å². The maximum Gasteiger partial charge on any atom is 0.338 e. The minimum absolute atomic E-state index is 0.112. The first-order chi connectivity index (χ1) is 11.5. The highest BCUT2D eigenvalue weighted by Crippen LogP contribution is 2.17. The van der Waals surface area contributed by atoms with E-state index >= 15 is 0 Å². The van der Waals surface area contributed by atoms with E-state index in [1.165, 1.54) is 24.6 Å². The highest BCUT2D eigenvalue weighted by atomic mass is 32.2. The topological polar surface area (TPSA) is 58.6 Å². The Labute approximate surface area is 152 Å². The van der Waals surface area contributed by atoms with Gasteiger partial charge in [0.1, 0.15) is 4.32 Å². The Morgan fingerprint density at radius 3 is 2.46 bits per heavy atom. The molecule has 0 atom stereocenters. The molecule has 0 aromatic heterocycles. The number of carbonyl (C=O) groups excluding carboxylic acids is 2. The normalized spacial score (nSPS) is 13.9. The van der Waals surface area contributed by atoms with Crippen LogP contribution in [0.5, 0.6) is 0 Å². The molecule has 5 nitrogen and oxygen atoms in total. The second-order valence-corrected chi connectivity index (χ2v) is 7.44. The maximum atomic E-state index is 12.0. The van der Waals surface area contributed by atoms with E-state index in [9.17, 15) is 9.59 Å². The third-order valence-corrected chi connectivity index (χ3v) is 4.96. The van der Waals surface area contributed by atoms with Gasteiger partial charge in [0.2, 0.25) is 5.91 Å². The van der Waals surface area contributed by atoms with Crippen LogP contribution >= 0.6 is 24.0 Å². The molecule has 0 bridgehead atoms. The lowest BCUT2D eigenvalue weighted by Crippen LogP contribution is -2.25. The van der Waals surface area contributed by atoms with Crippen molar-refractivity contribution >= 4 is 45.9 Å². The minimum Gasteiger partial charge on any atom is -0.459 e. The molecule has 0 unspecified atom stereocenters. The summed E-state index contributed by atoms with van der Waals surface area (Å²) >= 11 is 6.72. The minimum atomic E-state index is -0.366. The molecule has 1 N–H and O–H groups in total. The lowest BCUT2D eigenvalue weighted by Gasteiger charge is -2.17. The molecule has 130 valence electrons. The summed E-state index contributed by atoms with van der Waals surface area (Å²) in [7, 11) is 0. The van der Waals surface area contributed by atoms with E-state index in [0.29, 0.717) is 11.3 Å². The molecule has 1 fully saturated rings. The Bertz CT molecular complexity index is 596. The van der Waals surface area contributed by atoms with E-state index in [-0.39, 0.29) is 23.7 Å². The molecular weight excluding hydrogens is 344 g/mol. The predicted octanol–water partition coefficient (Wildman–Crippen LogP) is 3.30. The van der Waals surface area contributed by atoms with Crippen LogP contribution in [0.3, 0.4) is 0 Å². The number of nitrogens with one attached hydrogen (secondary N) is 1. The van der Waals surface area contributed by atoms with Crippen molar-refractivity contribution in [2.75, 3.05) is 24.2 Å². The molecule has 2 rings (SSSR count). The number of ether oxygens (including phenoxy) is 1. The fraction of sp³-hybridized carbons (Fsp3) is 0.471. The highest BCUT2D eigenvalue weighted by molar-refractivity contribution is 8.23. The van der Waals surface area contributed by atoms with Crippen LogP contribution in [0.4, 0.5) is 5.69 Å². The van der Waals surface area contributed by atoms with Crippen LogP contribution in [0, 0.1) is 0 Å². The zero-order chi connectivity index (χ0) is 17.5. The van der Waals surface area contributed by atoms with Gasteiger partial charge in [-0.15, -0.1) is 0 Å². The van der Waals surface area contributed by atoms with Crippen LogP contribution in [0.2, 0.25) is 0 Å². The number of amides is 1. The van der Waals surface area contributed by atoms with Gasteiger partial charge in [-0.25, -0.2) is 4.79 Å². The molecule has 1 aliphatic rings. The number of anilines is 1. The van der Waals surface area contributed by atoms with Gasteiger partial charge in [-0.1, -0.05) is 24.0 Å². The third kappa shape index (κ3) is 5.79.